The van der Waals surface area contributed by atoms with Gasteiger partial charge in [-0.2, -0.15) is 4.31 Å². The van der Waals surface area contributed by atoms with Gasteiger partial charge in [0.05, 0.1) is 4.90 Å². The van der Waals surface area contributed by atoms with Crippen molar-refractivity contribution in [3.63, 3.8) is 0 Å². The van der Waals surface area contributed by atoms with Crippen molar-refractivity contribution in [2.24, 2.45) is 0 Å². The summed E-state index contributed by atoms with van der Waals surface area (Å²) in [6, 6.07) is 5.03. The van der Waals surface area contributed by atoms with Crippen molar-refractivity contribution in [1.29, 1.82) is 0 Å². The summed E-state index contributed by atoms with van der Waals surface area (Å²) in [7, 11) is -3.65. The predicted molar refractivity (Wildman–Crippen MR) is 119 cm³/mol. The molecule has 0 aliphatic carbocycles. The van der Waals surface area contributed by atoms with Gasteiger partial charge in [0.1, 0.15) is 6.54 Å². The highest BCUT2D eigenvalue weighted by atomic mass is 79.9. The van der Waals surface area contributed by atoms with Gasteiger partial charge in [-0.25, -0.2) is 8.42 Å². The Labute approximate surface area is 185 Å². The van der Waals surface area contributed by atoms with Gasteiger partial charge in [-0.1, -0.05) is 6.07 Å². The first-order valence-electron chi connectivity index (χ1n) is 9.73. The molecule has 3 rings (SSSR count). The molecule has 0 radical (unpaired) electrons. The quantitative estimate of drug-likeness (QED) is 0.651. The minimum absolute atomic E-state index is 0.0691. The fourth-order valence-corrected chi connectivity index (χ4v) is 6.12. The summed E-state index contributed by atoms with van der Waals surface area (Å²) in [6.07, 6.45) is 1.58. The summed E-state index contributed by atoms with van der Waals surface area (Å²) in [5, 5.41) is 0. The summed E-state index contributed by atoms with van der Waals surface area (Å²) >= 11 is 3.30. The summed E-state index contributed by atoms with van der Waals surface area (Å²) in [6.45, 7) is 8.49. The first kappa shape index (κ1) is 22.7. The summed E-state index contributed by atoms with van der Waals surface area (Å²) in [5.74, 6) is -0.203. The van der Waals surface area contributed by atoms with Crippen LogP contribution in [-0.4, -0.2) is 54.3 Å². The molecule has 1 aliphatic rings. The minimum atomic E-state index is -3.65. The fourth-order valence-electron chi connectivity index (χ4n) is 3.75. The summed E-state index contributed by atoms with van der Waals surface area (Å²) < 4.78 is 30.2. The Balaban J connectivity index is 1.75. The number of pyridine rings is 1. The first-order chi connectivity index (χ1) is 14.0. The number of carbonyl (C=O) groups excluding carboxylic acids is 1. The molecule has 2 heterocycles. The third kappa shape index (κ3) is 4.38. The maximum Gasteiger partial charge on any atom is 0.251 e. The highest BCUT2D eigenvalue weighted by Gasteiger charge is 2.32. The van der Waals surface area contributed by atoms with Crippen LogP contribution in [0.25, 0.3) is 0 Å². The van der Waals surface area contributed by atoms with Gasteiger partial charge in [-0.05, 0) is 71.9 Å². The molecule has 0 unspecified atom stereocenters. The first-order valence-corrected chi connectivity index (χ1v) is 12.0. The number of halogens is 1. The van der Waals surface area contributed by atoms with E-state index in [1.165, 1.54) is 14.9 Å². The van der Waals surface area contributed by atoms with Crippen LogP contribution < -0.4 is 5.56 Å². The van der Waals surface area contributed by atoms with E-state index in [9.17, 15) is 18.0 Å². The second-order valence-corrected chi connectivity index (χ2v) is 10.5. The molecule has 0 bridgehead atoms. The van der Waals surface area contributed by atoms with E-state index in [-0.39, 0.29) is 31.1 Å². The lowest BCUT2D eigenvalue weighted by molar-refractivity contribution is -0.133. The van der Waals surface area contributed by atoms with E-state index >= 15 is 0 Å². The average Bonchev–Trinajstić information content (AvgIpc) is 2.69. The van der Waals surface area contributed by atoms with E-state index < -0.39 is 10.0 Å². The smallest absolute Gasteiger partial charge is 0.251 e. The van der Waals surface area contributed by atoms with Crippen molar-refractivity contribution in [2.45, 2.75) is 39.1 Å². The largest absolute Gasteiger partial charge is 0.339 e. The lowest BCUT2D eigenvalue weighted by Crippen LogP contribution is -2.51. The second kappa shape index (κ2) is 8.64. The molecular weight excluding hydrogens is 470 g/mol. The van der Waals surface area contributed by atoms with Gasteiger partial charge in [-0.3, -0.25) is 9.59 Å². The van der Waals surface area contributed by atoms with Crippen LogP contribution in [0.4, 0.5) is 0 Å². The number of aryl methyl sites for hydroxylation is 2. The van der Waals surface area contributed by atoms with Gasteiger partial charge in [-0.15, -0.1) is 0 Å². The molecule has 7 nitrogen and oxygen atoms in total. The Morgan fingerprint density at radius 2 is 1.57 bits per heavy atom. The lowest BCUT2D eigenvalue weighted by atomic mass is 10.0. The Morgan fingerprint density at radius 3 is 2.13 bits per heavy atom. The topological polar surface area (TPSA) is 79.7 Å². The van der Waals surface area contributed by atoms with Crippen LogP contribution in [0.2, 0.25) is 0 Å². The van der Waals surface area contributed by atoms with Gasteiger partial charge in [0.25, 0.3) is 5.56 Å². The Bertz CT molecular complexity index is 1120. The zero-order valence-corrected chi connectivity index (χ0v) is 20.0. The van der Waals surface area contributed by atoms with Crippen LogP contribution in [0.5, 0.6) is 0 Å². The molecule has 30 heavy (non-hydrogen) atoms. The van der Waals surface area contributed by atoms with E-state index in [1.807, 2.05) is 33.8 Å². The number of nitrogens with zero attached hydrogens (tertiary/aromatic N) is 3. The molecule has 162 valence electrons. The minimum Gasteiger partial charge on any atom is -0.339 e. The number of piperazine rings is 1. The van der Waals surface area contributed by atoms with E-state index in [2.05, 4.69) is 15.9 Å². The predicted octanol–water partition coefficient (Wildman–Crippen LogP) is 2.38. The highest BCUT2D eigenvalue weighted by molar-refractivity contribution is 9.10. The second-order valence-electron chi connectivity index (χ2n) is 7.69. The summed E-state index contributed by atoms with van der Waals surface area (Å²) in [5.41, 5.74) is 3.18. The fraction of sp³-hybridized carbons (Fsp3) is 0.429. The number of sulfonamides is 1. The van der Waals surface area contributed by atoms with Crippen molar-refractivity contribution in [3.05, 3.63) is 61.5 Å². The van der Waals surface area contributed by atoms with E-state index in [4.69, 9.17) is 0 Å². The van der Waals surface area contributed by atoms with Gasteiger partial charge < -0.3 is 9.47 Å². The van der Waals surface area contributed by atoms with Crippen molar-refractivity contribution in [3.8, 4) is 0 Å². The van der Waals surface area contributed by atoms with Gasteiger partial charge in [0.2, 0.25) is 15.9 Å². The van der Waals surface area contributed by atoms with E-state index in [0.717, 1.165) is 22.3 Å². The van der Waals surface area contributed by atoms with Crippen LogP contribution in [0.3, 0.4) is 0 Å². The molecule has 1 aromatic heterocycles. The molecule has 1 saturated heterocycles. The van der Waals surface area contributed by atoms with Crippen molar-refractivity contribution >= 4 is 31.9 Å². The molecule has 0 saturated carbocycles. The molecule has 0 spiro atoms. The Hall–Kier alpha value is -1.97. The van der Waals surface area contributed by atoms with Crippen molar-refractivity contribution in [1.82, 2.24) is 13.8 Å². The van der Waals surface area contributed by atoms with Crippen LogP contribution >= 0.6 is 15.9 Å². The van der Waals surface area contributed by atoms with Gasteiger partial charge in [0.15, 0.2) is 0 Å². The number of hydrogen-bond acceptors (Lipinski definition) is 4. The van der Waals surface area contributed by atoms with Crippen molar-refractivity contribution < 1.29 is 13.2 Å². The molecule has 1 aromatic carbocycles. The number of aromatic nitrogens is 1. The van der Waals surface area contributed by atoms with Crippen molar-refractivity contribution in [2.75, 3.05) is 26.2 Å². The van der Waals surface area contributed by atoms with Crippen LogP contribution in [0.1, 0.15) is 22.3 Å². The highest BCUT2D eigenvalue weighted by Crippen LogP contribution is 2.29. The zero-order valence-electron chi connectivity index (χ0n) is 17.6. The van der Waals surface area contributed by atoms with Gasteiger partial charge in [0, 0.05) is 42.9 Å². The third-order valence-corrected chi connectivity index (χ3v) is 8.38. The lowest BCUT2D eigenvalue weighted by Gasteiger charge is -2.35. The molecule has 1 fully saturated rings. The monoisotopic (exact) mass is 495 g/mol. The molecule has 0 atom stereocenters. The molecule has 2 aromatic rings. The van der Waals surface area contributed by atoms with E-state index in [1.54, 1.807) is 17.2 Å². The third-order valence-electron chi connectivity index (χ3n) is 5.74. The molecule has 1 amide bonds. The molecular formula is C21H26BrN3O4S. The number of carbonyl (C=O) groups is 1. The molecule has 9 heteroatoms. The Kier molecular flexibility index (Phi) is 6.54. The number of hydrogen-bond donors (Lipinski definition) is 0. The van der Waals surface area contributed by atoms with E-state index in [0.29, 0.717) is 22.5 Å². The number of amides is 1. The number of benzene rings is 1. The van der Waals surface area contributed by atoms with Crippen LogP contribution in [0, 0.1) is 27.7 Å². The zero-order chi connectivity index (χ0) is 22.2. The van der Waals surface area contributed by atoms with Crippen LogP contribution in [0.15, 0.2) is 38.6 Å². The molecule has 1 aliphatic heterocycles. The average molecular weight is 496 g/mol. The maximum atomic E-state index is 13.4. The SMILES string of the molecule is Cc1cc(C)c(C)c(S(=O)(=O)N2CCN(C(=O)Cn3cc(Br)ccc3=O)CC2)c1C. The maximum absolute atomic E-state index is 13.4. The van der Waals surface area contributed by atoms with Gasteiger partial charge >= 0.3 is 0 Å². The summed E-state index contributed by atoms with van der Waals surface area (Å²) in [4.78, 5) is 26.6. The standard InChI is InChI=1S/C21H26BrN3O4S/c1-14-11-15(2)17(4)21(16(14)3)30(28,29)25-9-7-23(8-10-25)20(27)13-24-12-18(22)5-6-19(24)26/h5-6,11-12H,7-10,13H2,1-4H3. The molecule has 0 N–H and O–H groups in total. The van der Waals surface area contributed by atoms with Crippen LogP contribution in [-0.2, 0) is 21.4 Å². The number of rotatable bonds is 4. The normalized spacial score (nSPS) is 15.4. The Morgan fingerprint density at radius 1 is 1.00 bits per heavy atom.